The number of thiazole rings is 1. The van der Waals surface area contributed by atoms with E-state index in [1.54, 1.807) is 35.7 Å². The number of nitrogens with one attached hydrogen (secondary N) is 1. The normalized spacial score (nSPS) is 29.5. The fourth-order valence-corrected chi connectivity index (χ4v) is 7.85. The van der Waals surface area contributed by atoms with Crippen LogP contribution < -0.4 is 5.32 Å². The Morgan fingerprint density at radius 3 is 2.64 bits per heavy atom. The Bertz CT molecular complexity index is 1270. The number of amidine groups is 1. The number of aliphatic hydroxyl groups excluding tert-OH is 1. The van der Waals surface area contributed by atoms with Gasteiger partial charge in [-0.2, -0.15) is 4.99 Å². The number of β-amino-alcohol motifs (C(OH)–C–C–N with tert-alkyl or cyclic N) is 1. The van der Waals surface area contributed by atoms with Crippen LogP contribution in [0.1, 0.15) is 37.4 Å². The molecule has 2 fully saturated rings. The van der Waals surface area contributed by atoms with E-state index in [1.807, 2.05) is 41.0 Å². The number of aryl methyl sites for hydroxylation is 1. The number of nitrogens with zero attached hydrogens (tertiary/aromatic N) is 4. The molecule has 194 valence electrons. The van der Waals surface area contributed by atoms with Crippen LogP contribution in [0.25, 0.3) is 10.4 Å². The Hall–Kier alpha value is -2.47. The summed E-state index contributed by atoms with van der Waals surface area (Å²) < 4.78 is 14.6. The van der Waals surface area contributed by atoms with Crippen LogP contribution in [-0.4, -0.2) is 84.9 Å². The first-order valence-electron chi connectivity index (χ1n) is 12.2. The first kappa shape index (κ1) is 25.2. The topological polar surface area (TPSA) is 115 Å². The largest absolute Gasteiger partial charge is 0.391 e. The zero-order valence-electron chi connectivity index (χ0n) is 21.0. The van der Waals surface area contributed by atoms with Gasteiger partial charge in [-0.15, -0.1) is 11.3 Å². The van der Waals surface area contributed by atoms with Crippen LogP contribution in [0.4, 0.5) is 0 Å². The number of aliphatic hydroxyl groups is 1. The molecule has 4 atom stereocenters. The molecule has 11 heteroatoms. The molecular formula is C25H33N5O4S2. The van der Waals surface area contributed by atoms with Gasteiger partial charge < -0.3 is 15.3 Å². The molecule has 1 unspecified atom stereocenters. The minimum atomic E-state index is -2.60. The molecule has 3 aliphatic heterocycles. The molecule has 2 amide bonds. The fraction of sp³-hybridized carbons (Fsp3) is 0.520. The van der Waals surface area contributed by atoms with Gasteiger partial charge in [-0.05, 0) is 37.8 Å². The third-order valence-electron chi connectivity index (χ3n) is 7.50. The van der Waals surface area contributed by atoms with Crippen LogP contribution in [0.2, 0.25) is 0 Å². The van der Waals surface area contributed by atoms with E-state index in [4.69, 9.17) is 0 Å². The third kappa shape index (κ3) is 4.31. The lowest BCUT2D eigenvalue weighted by Gasteiger charge is -2.35. The maximum absolute atomic E-state index is 13.6. The highest BCUT2D eigenvalue weighted by molar-refractivity contribution is 7.99. The van der Waals surface area contributed by atoms with Gasteiger partial charge in [-0.1, -0.05) is 34.4 Å². The van der Waals surface area contributed by atoms with Crippen molar-refractivity contribution in [2.24, 2.45) is 4.99 Å². The molecular weight excluding hydrogens is 498 g/mol. The molecule has 0 aliphatic carbocycles. The highest BCUT2D eigenvalue weighted by Gasteiger charge is 2.49. The van der Waals surface area contributed by atoms with Crippen molar-refractivity contribution in [1.82, 2.24) is 19.5 Å². The van der Waals surface area contributed by atoms with Gasteiger partial charge in [0.1, 0.15) is 11.4 Å². The van der Waals surface area contributed by atoms with Gasteiger partial charge >= 0.3 is 0 Å². The number of hydrogen-bond acceptors (Lipinski definition) is 7. The maximum atomic E-state index is 13.6. The Kier molecular flexibility index (Phi) is 6.39. The Morgan fingerprint density at radius 2 is 2.00 bits per heavy atom. The Labute approximate surface area is 216 Å². The molecule has 2 N–H and O–H groups in total. The molecule has 36 heavy (non-hydrogen) atoms. The first-order valence-corrected chi connectivity index (χ1v) is 15.7. The minimum absolute atomic E-state index is 0.159. The third-order valence-corrected chi connectivity index (χ3v) is 10.2. The number of benzene rings is 1. The van der Waals surface area contributed by atoms with E-state index >= 15 is 0 Å². The molecule has 2 aromatic rings. The van der Waals surface area contributed by atoms with Crippen molar-refractivity contribution >= 4 is 39.1 Å². The number of likely N-dealkylation sites (tertiary alicyclic amines) is 1. The van der Waals surface area contributed by atoms with Gasteiger partial charge in [-0.25, -0.2) is 9.29 Å². The molecule has 0 spiro atoms. The zero-order valence-corrected chi connectivity index (χ0v) is 22.7. The van der Waals surface area contributed by atoms with Crippen molar-refractivity contribution < 1.29 is 18.9 Å². The van der Waals surface area contributed by atoms with Gasteiger partial charge in [0.25, 0.3) is 5.91 Å². The zero-order chi connectivity index (χ0) is 25.8. The van der Waals surface area contributed by atoms with Gasteiger partial charge in [-0.3, -0.25) is 13.8 Å². The van der Waals surface area contributed by atoms with E-state index in [0.29, 0.717) is 25.2 Å². The number of rotatable bonds is 5. The molecule has 4 heterocycles. The SMILES string of the molecule is Cc1ncsc1-c1ccc([C@]2(C)NC(C3C[C@@H](O)CN3C(=O)[C@@H]3CCCN3[SH](C)(C)=O)=NC2=O)cc1. The van der Waals surface area contributed by atoms with E-state index in [0.717, 1.165) is 28.1 Å². The lowest BCUT2D eigenvalue weighted by Crippen LogP contribution is -2.54. The summed E-state index contributed by atoms with van der Waals surface area (Å²) in [6.07, 6.45) is 4.39. The number of thiol groups is 1. The average molecular weight is 532 g/mol. The minimum Gasteiger partial charge on any atom is -0.391 e. The number of aromatic nitrogens is 1. The highest BCUT2D eigenvalue weighted by Crippen LogP contribution is 2.34. The number of hydrogen-bond donors (Lipinski definition) is 3. The van der Waals surface area contributed by atoms with E-state index in [-0.39, 0.29) is 18.4 Å². The van der Waals surface area contributed by atoms with E-state index in [9.17, 15) is 18.9 Å². The molecule has 3 aliphatic rings. The van der Waals surface area contributed by atoms with Crippen LogP contribution in [-0.2, 0) is 25.2 Å². The summed E-state index contributed by atoms with van der Waals surface area (Å²) in [6, 6.07) is 6.78. The predicted octanol–water partition coefficient (Wildman–Crippen LogP) is 1.48. The predicted molar refractivity (Wildman–Crippen MR) is 142 cm³/mol. The number of carbonyl (C=O) groups excluding carboxylic acids is 2. The Morgan fingerprint density at radius 1 is 1.28 bits per heavy atom. The van der Waals surface area contributed by atoms with Crippen LogP contribution in [0.5, 0.6) is 0 Å². The van der Waals surface area contributed by atoms with Crippen molar-refractivity contribution in [3.63, 3.8) is 0 Å². The quantitative estimate of drug-likeness (QED) is 0.504. The monoisotopic (exact) mass is 531 g/mol. The summed E-state index contributed by atoms with van der Waals surface area (Å²) in [4.78, 5) is 38.1. The number of amides is 2. The number of aliphatic imine (C=N–C) groups is 1. The fourth-order valence-electron chi connectivity index (χ4n) is 5.53. The molecule has 1 aromatic heterocycles. The van der Waals surface area contributed by atoms with Crippen molar-refractivity contribution in [1.29, 1.82) is 0 Å². The maximum Gasteiger partial charge on any atom is 0.277 e. The van der Waals surface area contributed by atoms with E-state index in [2.05, 4.69) is 15.3 Å². The first-order chi connectivity index (χ1) is 17.0. The summed E-state index contributed by atoms with van der Waals surface area (Å²) in [5.74, 6) is -0.0922. The summed E-state index contributed by atoms with van der Waals surface area (Å²) in [5.41, 5.74) is 3.52. The van der Waals surface area contributed by atoms with Crippen LogP contribution in [0.15, 0.2) is 34.8 Å². The highest BCUT2D eigenvalue weighted by atomic mass is 32.3. The molecule has 0 radical (unpaired) electrons. The molecule has 9 nitrogen and oxygen atoms in total. The smallest absolute Gasteiger partial charge is 0.277 e. The van der Waals surface area contributed by atoms with Crippen molar-refractivity contribution in [2.45, 2.75) is 56.8 Å². The summed E-state index contributed by atoms with van der Waals surface area (Å²) in [5, 5.41) is 13.8. The summed E-state index contributed by atoms with van der Waals surface area (Å²) >= 11 is 1.57. The second-order valence-electron chi connectivity index (χ2n) is 10.4. The molecule has 5 rings (SSSR count). The second-order valence-corrected chi connectivity index (χ2v) is 14.4. The van der Waals surface area contributed by atoms with Crippen molar-refractivity contribution in [2.75, 3.05) is 25.6 Å². The van der Waals surface area contributed by atoms with E-state index < -0.39 is 33.8 Å². The van der Waals surface area contributed by atoms with Crippen molar-refractivity contribution in [3.05, 3.63) is 41.0 Å². The molecule has 0 saturated carbocycles. The second kappa shape index (κ2) is 9.13. The summed E-state index contributed by atoms with van der Waals surface area (Å²) in [6.45, 7) is 4.55. The molecule has 1 aromatic carbocycles. The van der Waals surface area contributed by atoms with Crippen LogP contribution in [0.3, 0.4) is 0 Å². The lowest BCUT2D eigenvalue weighted by molar-refractivity contribution is -0.134. The van der Waals surface area contributed by atoms with Gasteiger partial charge in [0.15, 0.2) is 0 Å². The van der Waals surface area contributed by atoms with Gasteiger partial charge in [0, 0.05) is 32.0 Å². The van der Waals surface area contributed by atoms with Gasteiger partial charge in [0.05, 0.1) is 34.3 Å². The average Bonchev–Trinajstić information content (AvgIpc) is 3.60. The van der Waals surface area contributed by atoms with Crippen molar-refractivity contribution in [3.8, 4) is 10.4 Å². The van der Waals surface area contributed by atoms with E-state index in [1.165, 1.54) is 0 Å². The standard InChI is InChI=1S/C25H33N5O4S2/c1-15-21(35-14-26-15)16-7-9-17(10-8-16)25(2)24(33)27-22(28-25)20-12-18(31)13-29(20)23(32)19-6-5-11-30(19)36(3,4)34/h7-10,14,18-20,31,36H,5-6,11-13H2,1-4H3,(H,27,28,33)/t18-,19+,20?,25+/m1/s1. The van der Waals surface area contributed by atoms with Crippen LogP contribution in [0, 0.1) is 6.92 Å². The lowest BCUT2D eigenvalue weighted by atomic mass is 9.91. The molecule has 0 bridgehead atoms. The molecule has 2 saturated heterocycles. The summed E-state index contributed by atoms with van der Waals surface area (Å²) in [7, 11) is -2.60. The van der Waals surface area contributed by atoms with Gasteiger partial charge in [0.2, 0.25) is 5.91 Å². The Balaban J connectivity index is 1.37. The number of carbonyl (C=O) groups is 2. The van der Waals surface area contributed by atoms with Crippen LogP contribution >= 0.6 is 11.3 Å².